The summed E-state index contributed by atoms with van der Waals surface area (Å²) in [6.07, 6.45) is 3.30. The number of para-hydroxylation sites is 1. The van der Waals surface area contributed by atoms with Gasteiger partial charge in [0.1, 0.15) is 24.2 Å². The second-order valence-corrected chi connectivity index (χ2v) is 10.5. The Kier molecular flexibility index (Phi) is 9.81. The summed E-state index contributed by atoms with van der Waals surface area (Å²) in [7, 11) is 1.63. The van der Waals surface area contributed by atoms with Crippen LogP contribution in [0.4, 0.5) is 0 Å². The van der Waals surface area contributed by atoms with E-state index in [1.807, 2.05) is 43.3 Å². The van der Waals surface area contributed by atoms with Gasteiger partial charge in [0.25, 0.3) is 0 Å². The average Bonchev–Trinajstić information content (AvgIpc) is 3.45. The van der Waals surface area contributed by atoms with Crippen LogP contribution in [0, 0.1) is 0 Å². The first-order valence-electron chi connectivity index (χ1n) is 14.2. The molecule has 5 rings (SSSR count). The highest BCUT2D eigenvalue weighted by molar-refractivity contribution is 5.82. The van der Waals surface area contributed by atoms with Crippen LogP contribution in [0.2, 0.25) is 0 Å². The summed E-state index contributed by atoms with van der Waals surface area (Å²) in [5.41, 5.74) is 8.02. The zero-order valence-corrected chi connectivity index (χ0v) is 23.8. The Labute approximate surface area is 242 Å². The minimum atomic E-state index is -0.591. The number of aliphatic hydroxyl groups is 1. The van der Waals surface area contributed by atoms with Crippen LogP contribution in [0.15, 0.2) is 101 Å². The number of methoxy groups -OCH3 is 1. The molecule has 0 spiro atoms. The SMILES string of the molecule is COCc1cc(C=C(C)c2ccccc2OCC(O)CN2CCC(=C(c3ccccc3)c3ccccc3)CC2)on1. The van der Waals surface area contributed by atoms with Gasteiger partial charge in [0.2, 0.25) is 0 Å². The highest BCUT2D eigenvalue weighted by atomic mass is 16.5. The van der Waals surface area contributed by atoms with E-state index in [0.717, 1.165) is 48.5 Å². The third-order valence-corrected chi connectivity index (χ3v) is 7.38. The van der Waals surface area contributed by atoms with Crippen molar-refractivity contribution in [3.63, 3.8) is 0 Å². The van der Waals surface area contributed by atoms with Crippen LogP contribution in [0.5, 0.6) is 5.75 Å². The van der Waals surface area contributed by atoms with E-state index >= 15 is 0 Å². The number of allylic oxidation sites excluding steroid dienone is 1. The van der Waals surface area contributed by atoms with Crippen molar-refractivity contribution in [2.45, 2.75) is 32.5 Å². The Bertz CT molecular complexity index is 1410. The zero-order chi connectivity index (χ0) is 28.4. The summed E-state index contributed by atoms with van der Waals surface area (Å²) >= 11 is 0. The number of hydrogen-bond donors (Lipinski definition) is 1. The third kappa shape index (κ3) is 7.61. The minimum absolute atomic E-state index is 0.225. The molecule has 212 valence electrons. The van der Waals surface area contributed by atoms with E-state index < -0.39 is 6.10 Å². The molecule has 1 fully saturated rings. The van der Waals surface area contributed by atoms with Gasteiger partial charge in [-0.25, -0.2) is 0 Å². The summed E-state index contributed by atoms with van der Waals surface area (Å²) in [4.78, 5) is 2.34. The van der Waals surface area contributed by atoms with Crippen LogP contribution in [-0.2, 0) is 11.3 Å². The molecule has 4 aromatic rings. The van der Waals surface area contributed by atoms with E-state index in [0.29, 0.717) is 18.9 Å². The van der Waals surface area contributed by atoms with Crippen molar-refractivity contribution in [3.8, 4) is 5.75 Å². The summed E-state index contributed by atoms with van der Waals surface area (Å²) < 4.78 is 16.7. The highest BCUT2D eigenvalue weighted by Gasteiger charge is 2.21. The fraction of sp³-hybridized carbons (Fsp3) is 0.286. The number of aliphatic hydroxyl groups excluding tert-OH is 1. The monoisotopic (exact) mass is 550 g/mol. The van der Waals surface area contributed by atoms with Gasteiger partial charge < -0.3 is 19.1 Å². The van der Waals surface area contributed by atoms with E-state index in [1.165, 1.54) is 22.3 Å². The molecule has 3 aromatic carbocycles. The molecule has 1 aliphatic heterocycles. The molecular weight excluding hydrogens is 512 g/mol. The van der Waals surface area contributed by atoms with Gasteiger partial charge in [-0.1, -0.05) is 89.6 Å². The van der Waals surface area contributed by atoms with Gasteiger partial charge in [-0.05, 0) is 54.2 Å². The molecule has 1 saturated heterocycles. The Hall–Kier alpha value is -3.97. The molecule has 1 aliphatic rings. The molecule has 6 nitrogen and oxygen atoms in total. The lowest BCUT2D eigenvalue weighted by atomic mass is 9.88. The fourth-order valence-corrected chi connectivity index (χ4v) is 5.40. The van der Waals surface area contributed by atoms with Crippen molar-refractivity contribution < 1.29 is 19.1 Å². The summed E-state index contributed by atoms with van der Waals surface area (Å²) in [5.74, 6) is 1.39. The van der Waals surface area contributed by atoms with Crippen LogP contribution in [0.3, 0.4) is 0 Å². The third-order valence-electron chi connectivity index (χ3n) is 7.38. The predicted octanol–water partition coefficient (Wildman–Crippen LogP) is 6.72. The molecule has 1 N–H and O–H groups in total. The van der Waals surface area contributed by atoms with E-state index in [9.17, 15) is 5.11 Å². The van der Waals surface area contributed by atoms with Crippen molar-refractivity contribution >= 4 is 17.2 Å². The van der Waals surface area contributed by atoms with Crippen LogP contribution in [0.1, 0.15) is 47.9 Å². The van der Waals surface area contributed by atoms with Gasteiger partial charge in [-0.15, -0.1) is 0 Å². The van der Waals surface area contributed by atoms with Crippen LogP contribution in [0.25, 0.3) is 17.2 Å². The van der Waals surface area contributed by atoms with Crippen molar-refractivity contribution in [2.75, 3.05) is 33.4 Å². The molecule has 1 unspecified atom stereocenters. The molecule has 0 saturated carbocycles. The number of nitrogens with zero attached hydrogens (tertiary/aromatic N) is 2. The molecule has 6 heteroatoms. The number of hydrogen-bond acceptors (Lipinski definition) is 6. The number of benzene rings is 3. The predicted molar refractivity (Wildman–Crippen MR) is 163 cm³/mol. The molecule has 41 heavy (non-hydrogen) atoms. The normalized spacial score (nSPS) is 15.1. The maximum Gasteiger partial charge on any atom is 0.160 e. The van der Waals surface area contributed by atoms with E-state index in [4.69, 9.17) is 14.0 Å². The summed E-state index contributed by atoms with van der Waals surface area (Å²) in [6, 6.07) is 31.1. The van der Waals surface area contributed by atoms with Crippen molar-refractivity contribution in [3.05, 3.63) is 125 Å². The van der Waals surface area contributed by atoms with Gasteiger partial charge >= 0.3 is 0 Å². The second kappa shape index (κ2) is 14.1. The van der Waals surface area contributed by atoms with Gasteiger partial charge in [0, 0.05) is 38.4 Å². The van der Waals surface area contributed by atoms with Crippen LogP contribution < -0.4 is 4.74 Å². The topological polar surface area (TPSA) is 68.0 Å². The lowest BCUT2D eigenvalue weighted by Crippen LogP contribution is -2.39. The molecular formula is C35H38N2O4. The number of ether oxygens (including phenoxy) is 2. The van der Waals surface area contributed by atoms with Gasteiger partial charge in [0.15, 0.2) is 5.76 Å². The molecule has 0 aliphatic carbocycles. The van der Waals surface area contributed by atoms with Crippen LogP contribution in [-0.4, -0.2) is 54.6 Å². The summed E-state index contributed by atoms with van der Waals surface area (Å²) in [6.45, 7) is 5.05. The Morgan fingerprint density at radius 2 is 1.59 bits per heavy atom. The number of likely N-dealkylation sites (tertiary alicyclic amines) is 1. The van der Waals surface area contributed by atoms with Crippen molar-refractivity contribution in [1.82, 2.24) is 10.1 Å². The fourth-order valence-electron chi connectivity index (χ4n) is 5.40. The second-order valence-electron chi connectivity index (χ2n) is 10.5. The molecule has 0 amide bonds. The first kappa shape index (κ1) is 28.6. The molecule has 2 heterocycles. The summed E-state index contributed by atoms with van der Waals surface area (Å²) in [5, 5.41) is 14.9. The Morgan fingerprint density at radius 3 is 2.24 bits per heavy atom. The van der Waals surface area contributed by atoms with Crippen molar-refractivity contribution in [2.24, 2.45) is 0 Å². The average molecular weight is 551 g/mol. The van der Waals surface area contributed by atoms with Gasteiger partial charge in [-0.2, -0.15) is 0 Å². The number of β-amino-alcohol motifs (C(OH)–C–C–N with tert-alkyl or cyclic N) is 1. The largest absolute Gasteiger partial charge is 0.490 e. The molecule has 0 radical (unpaired) electrons. The number of rotatable bonds is 11. The maximum atomic E-state index is 10.9. The minimum Gasteiger partial charge on any atom is -0.490 e. The lowest BCUT2D eigenvalue weighted by molar-refractivity contribution is 0.0655. The molecule has 1 atom stereocenters. The highest BCUT2D eigenvalue weighted by Crippen LogP contribution is 2.32. The smallest absolute Gasteiger partial charge is 0.160 e. The quantitative estimate of drug-likeness (QED) is 0.224. The van der Waals surface area contributed by atoms with Crippen LogP contribution >= 0.6 is 0 Å². The number of aromatic nitrogens is 1. The number of piperidine rings is 1. The van der Waals surface area contributed by atoms with E-state index in [1.54, 1.807) is 7.11 Å². The van der Waals surface area contributed by atoms with E-state index in [2.05, 4.69) is 70.7 Å². The molecule has 1 aromatic heterocycles. The zero-order valence-electron chi connectivity index (χ0n) is 23.8. The lowest BCUT2D eigenvalue weighted by Gasteiger charge is -2.31. The maximum absolute atomic E-state index is 10.9. The van der Waals surface area contributed by atoms with Crippen molar-refractivity contribution in [1.29, 1.82) is 0 Å². The first-order chi connectivity index (χ1) is 20.1. The van der Waals surface area contributed by atoms with Gasteiger partial charge in [0.05, 0.1) is 6.61 Å². The standard InChI is InChI=1S/C35H38N2O4/c1-26(21-32-22-30(24-39-2)36-41-32)33-15-9-10-16-34(33)40-25-31(38)23-37-19-17-29(18-20-37)35(27-11-5-3-6-12-27)28-13-7-4-8-14-28/h3-16,21-22,31,38H,17-20,23-25H2,1-2H3. The van der Waals surface area contributed by atoms with Gasteiger partial charge in [-0.3, -0.25) is 4.90 Å². The Balaban J connectivity index is 1.19. The first-order valence-corrected chi connectivity index (χ1v) is 14.2. The van der Waals surface area contributed by atoms with E-state index in [-0.39, 0.29) is 6.61 Å². The Morgan fingerprint density at radius 1 is 0.951 bits per heavy atom. The molecule has 0 bridgehead atoms.